The van der Waals surface area contributed by atoms with Crippen LogP contribution in [-0.2, 0) is 19.1 Å². The summed E-state index contributed by atoms with van der Waals surface area (Å²) < 4.78 is 23.4. The fraction of sp³-hybridized carbons (Fsp3) is 0.484. The van der Waals surface area contributed by atoms with Crippen LogP contribution in [0.1, 0.15) is 44.1 Å². The minimum Gasteiger partial charge on any atom is -0.459 e. The van der Waals surface area contributed by atoms with Gasteiger partial charge in [0.25, 0.3) is 5.91 Å². The largest absolute Gasteiger partial charge is 0.459 e. The zero-order valence-electron chi connectivity index (χ0n) is 23.3. The van der Waals surface area contributed by atoms with Gasteiger partial charge in [-0.05, 0) is 68.5 Å². The number of allylic oxidation sites excluding steroid dienone is 1. The number of aliphatic hydroxyl groups is 1. The number of benzene rings is 2. The summed E-state index contributed by atoms with van der Waals surface area (Å²) in [4.78, 5) is 30.9. The van der Waals surface area contributed by atoms with Gasteiger partial charge in [0.05, 0.1) is 6.67 Å². The maximum Gasteiger partial charge on any atom is 0.288 e. The Bertz CT molecular complexity index is 1290. The van der Waals surface area contributed by atoms with Crippen molar-refractivity contribution in [2.24, 2.45) is 5.92 Å². The number of nitrogens with one attached hydrogen (secondary N) is 1. The Balaban J connectivity index is 1.25. The average molecular weight is 564 g/mol. The molecule has 0 bridgehead atoms. The molecule has 0 aliphatic carbocycles. The van der Waals surface area contributed by atoms with E-state index in [9.17, 15) is 14.7 Å². The lowest BCUT2D eigenvalue weighted by Gasteiger charge is -2.44. The van der Waals surface area contributed by atoms with Crippen LogP contribution in [0, 0.1) is 5.92 Å². The highest BCUT2D eigenvalue weighted by Crippen LogP contribution is 2.43. The van der Waals surface area contributed by atoms with Crippen LogP contribution in [0.2, 0.25) is 0 Å². The molecule has 2 N–H and O–H groups in total. The lowest BCUT2D eigenvalue weighted by atomic mass is 9.80. The van der Waals surface area contributed by atoms with Crippen molar-refractivity contribution in [1.29, 1.82) is 0 Å². The van der Waals surface area contributed by atoms with Crippen molar-refractivity contribution in [2.75, 3.05) is 44.7 Å². The minimum atomic E-state index is -0.682. The molecule has 41 heavy (non-hydrogen) atoms. The van der Waals surface area contributed by atoms with Gasteiger partial charge in [-0.3, -0.25) is 9.59 Å². The Morgan fingerprint density at radius 1 is 1.12 bits per heavy atom. The number of ether oxygens (including phenoxy) is 4. The number of likely N-dealkylation sites (tertiary alicyclic amines) is 1. The molecule has 2 aromatic rings. The van der Waals surface area contributed by atoms with E-state index in [1.54, 1.807) is 4.90 Å². The third-order valence-electron chi connectivity index (χ3n) is 8.69. The van der Waals surface area contributed by atoms with Gasteiger partial charge in [0.1, 0.15) is 5.54 Å². The van der Waals surface area contributed by atoms with Crippen molar-refractivity contribution in [2.45, 2.75) is 50.4 Å². The fourth-order valence-corrected chi connectivity index (χ4v) is 6.53. The molecule has 0 saturated carbocycles. The first-order chi connectivity index (χ1) is 20.0. The van der Waals surface area contributed by atoms with Crippen molar-refractivity contribution < 1.29 is 33.6 Å². The maximum absolute atomic E-state index is 13.9. The van der Waals surface area contributed by atoms with Crippen molar-refractivity contribution in [3.63, 3.8) is 0 Å². The van der Waals surface area contributed by atoms with Crippen LogP contribution in [0.5, 0.6) is 11.5 Å². The first-order valence-corrected chi connectivity index (χ1v) is 14.4. The number of carbonyl (C=O) groups is 2. The highest BCUT2D eigenvalue weighted by Gasteiger charge is 2.51. The number of para-hydroxylation sites is 1. The number of fused-ring (bicyclic) bond motifs is 1. The maximum atomic E-state index is 13.9. The number of aliphatic hydroxyl groups excluding tert-OH is 1. The van der Waals surface area contributed by atoms with Crippen LogP contribution >= 0.6 is 0 Å². The summed E-state index contributed by atoms with van der Waals surface area (Å²) in [7, 11) is 0. The molecule has 10 heteroatoms. The Labute approximate surface area is 239 Å². The highest BCUT2D eigenvalue weighted by atomic mass is 16.7. The summed E-state index contributed by atoms with van der Waals surface area (Å²) in [5, 5.41) is 12.6. The summed E-state index contributed by atoms with van der Waals surface area (Å²) >= 11 is 0. The van der Waals surface area contributed by atoms with Crippen LogP contribution in [0.25, 0.3) is 0 Å². The molecule has 4 aliphatic rings. The molecule has 6 rings (SSSR count). The molecule has 0 aromatic heterocycles. The standard InChI is InChI=1S/C31H37N3O7/c1-2-38-29-23(9-6-16-35)24(21-10-11-25-26(17-21)40-20-39-25)18-27(41-29)28(36)33-14-12-31(13-15-33)30(37)32-19-34(31)22-7-4-3-5-8-22/h3-5,7-8,10-11,17-18,23-24,29,35H,2,6,9,12-16,19-20H2,1H3,(H,32,37)/t23-,24-,29-/m0/s1. The van der Waals surface area contributed by atoms with Crippen LogP contribution in [-0.4, -0.2) is 73.4 Å². The number of nitrogens with zero attached hydrogens (tertiary/aromatic N) is 2. The average Bonchev–Trinajstić information content (AvgIpc) is 3.60. The van der Waals surface area contributed by atoms with E-state index in [-0.39, 0.29) is 42.8 Å². The molecular formula is C31H37N3O7. The molecule has 0 unspecified atom stereocenters. The van der Waals surface area contributed by atoms with Crippen LogP contribution in [0.3, 0.4) is 0 Å². The molecule has 1 spiro atoms. The summed E-state index contributed by atoms with van der Waals surface area (Å²) in [5.41, 5.74) is 1.27. The predicted octanol–water partition coefficient (Wildman–Crippen LogP) is 3.12. The monoisotopic (exact) mass is 563 g/mol. The lowest BCUT2D eigenvalue weighted by Crippen LogP contribution is -2.57. The van der Waals surface area contributed by atoms with E-state index in [0.717, 1.165) is 11.3 Å². The highest BCUT2D eigenvalue weighted by molar-refractivity contribution is 5.95. The second kappa shape index (κ2) is 11.6. The lowest BCUT2D eigenvalue weighted by molar-refractivity contribution is -0.171. The van der Waals surface area contributed by atoms with E-state index in [1.807, 2.05) is 61.5 Å². The van der Waals surface area contributed by atoms with Crippen LogP contribution < -0.4 is 19.7 Å². The molecule has 4 aliphatic heterocycles. The van der Waals surface area contributed by atoms with Gasteiger partial charge in [-0.1, -0.05) is 24.3 Å². The SMILES string of the molecule is CCO[C@H]1OC(C(=O)N2CCC3(CC2)C(=O)NCN3c2ccccc2)=C[C@@H](c2ccc3c(c2)OCO3)[C@@H]1CCCO. The molecule has 3 atom stereocenters. The van der Waals surface area contributed by atoms with Crippen molar-refractivity contribution in [3.8, 4) is 11.5 Å². The topological polar surface area (TPSA) is 110 Å². The third kappa shape index (κ3) is 5.10. The van der Waals surface area contributed by atoms with E-state index in [2.05, 4.69) is 10.2 Å². The summed E-state index contributed by atoms with van der Waals surface area (Å²) in [6, 6.07) is 15.7. The smallest absolute Gasteiger partial charge is 0.288 e. The number of hydrogen-bond donors (Lipinski definition) is 2. The molecule has 2 amide bonds. The molecule has 0 radical (unpaired) electrons. The van der Waals surface area contributed by atoms with E-state index in [4.69, 9.17) is 18.9 Å². The zero-order valence-corrected chi connectivity index (χ0v) is 23.3. The van der Waals surface area contributed by atoms with E-state index in [0.29, 0.717) is 63.5 Å². The Morgan fingerprint density at radius 2 is 1.90 bits per heavy atom. The first-order valence-electron chi connectivity index (χ1n) is 14.4. The number of rotatable bonds is 8. The third-order valence-corrected chi connectivity index (χ3v) is 8.69. The quantitative estimate of drug-likeness (QED) is 0.504. The molecule has 218 valence electrons. The van der Waals surface area contributed by atoms with Crippen LogP contribution in [0.4, 0.5) is 5.69 Å². The predicted molar refractivity (Wildman–Crippen MR) is 150 cm³/mol. The zero-order chi connectivity index (χ0) is 28.4. The molecule has 10 nitrogen and oxygen atoms in total. The van der Waals surface area contributed by atoms with E-state index < -0.39 is 11.8 Å². The molecule has 2 saturated heterocycles. The molecule has 4 heterocycles. The Hall–Kier alpha value is -3.76. The van der Waals surface area contributed by atoms with Gasteiger partial charge in [-0.25, -0.2) is 0 Å². The minimum absolute atomic E-state index is 0.00703. The fourth-order valence-electron chi connectivity index (χ4n) is 6.53. The number of anilines is 1. The number of piperidine rings is 1. The van der Waals surface area contributed by atoms with Gasteiger partial charge in [-0.2, -0.15) is 0 Å². The van der Waals surface area contributed by atoms with Crippen molar-refractivity contribution in [3.05, 3.63) is 65.9 Å². The first kappa shape index (κ1) is 27.4. The van der Waals surface area contributed by atoms with E-state index in [1.165, 1.54) is 0 Å². The van der Waals surface area contributed by atoms with Crippen molar-refractivity contribution >= 4 is 17.5 Å². The second-order valence-corrected chi connectivity index (χ2v) is 10.9. The molecule has 2 fully saturated rings. The Morgan fingerprint density at radius 3 is 2.66 bits per heavy atom. The van der Waals surface area contributed by atoms with Gasteiger partial charge in [-0.15, -0.1) is 0 Å². The van der Waals surface area contributed by atoms with Gasteiger partial charge in [0.2, 0.25) is 19.0 Å². The number of hydrogen-bond acceptors (Lipinski definition) is 8. The van der Waals surface area contributed by atoms with Gasteiger partial charge < -0.3 is 39.2 Å². The summed E-state index contributed by atoms with van der Waals surface area (Å²) in [5.74, 6) is 1.11. The molecular weight excluding hydrogens is 526 g/mol. The second-order valence-electron chi connectivity index (χ2n) is 10.9. The van der Waals surface area contributed by atoms with E-state index >= 15 is 0 Å². The number of amides is 2. The van der Waals surface area contributed by atoms with Crippen LogP contribution in [0.15, 0.2) is 60.4 Å². The molecule has 2 aromatic carbocycles. The number of carbonyl (C=O) groups excluding carboxylic acids is 2. The van der Waals surface area contributed by atoms with Gasteiger partial charge in [0, 0.05) is 43.8 Å². The van der Waals surface area contributed by atoms with Crippen molar-refractivity contribution in [1.82, 2.24) is 10.2 Å². The normalized spacial score (nSPS) is 24.7. The van der Waals surface area contributed by atoms with Gasteiger partial charge >= 0.3 is 0 Å². The Kier molecular flexibility index (Phi) is 7.77. The summed E-state index contributed by atoms with van der Waals surface area (Å²) in [6.07, 6.45) is 3.54. The summed E-state index contributed by atoms with van der Waals surface area (Å²) in [6.45, 7) is 3.87. The van der Waals surface area contributed by atoms with Gasteiger partial charge in [0.15, 0.2) is 17.3 Å².